The van der Waals surface area contributed by atoms with Crippen LogP contribution < -0.4 is 26.2 Å². The molecule has 0 aliphatic heterocycles. The van der Waals surface area contributed by atoms with Crippen LogP contribution in [0.2, 0.25) is 0 Å². The van der Waals surface area contributed by atoms with E-state index >= 15 is 4.39 Å². The molecule has 15 heteroatoms. The minimum Gasteiger partial charge on any atom is -0.493 e. The normalized spacial score (nSPS) is 10.8. The molecule has 0 radical (unpaired) electrons. The quantitative estimate of drug-likeness (QED) is 0.150. The number of H-pyrrole nitrogens is 1. The van der Waals surface area contributed by atoms with Crippen molar-refractivity contribution >= 4 is 17.5 Å². The summed E-state index contributed by atoms with van der Waals surface area (Å²) in [6.07, 6.45) is 2.94. The molecule has 6 N–H and O–H groups in total. The first-order valence-electron chi connectivity index (χ1n) is 11.4. The highest BCUT2D eigenvalue weighted by Crippen LogP contribution is 2.36. The van der Waals surface area contributed by atoms with Crippen molar-refractivity contribution in [1.29, 1.82) is 10.7 Å². The molecule has 206 valence electrons. The van der Waals surface area contributed by atoms with Crippen LogP contribution in [0, 0.1) is 22.6 Å². The van der Waals surface area contributed by atoms with Gasteiger partial charge in [-0.2, -0.15) is 5.26 Å². The monoisotopic (exact) mass is 549 g/mol. The second-order valence-corrected chi connectivity index (χ2v) is 7.84. The molecule has 40 heavy (non-hydrogen) atoms. The van der Waals surface area contributed by atoms with Crippen LogP contribution in [0.3, 0.4) is 0 Å². The molecule has 2 heterocycles. The number of aliphatic carboxylic acids is 1. The first-order valence-corrected chi connectivity index (χ1v) is 11.4. The van der Waals surface area contributed by atoms with Crippen LogP contribution >= 0.6 is 0 Å². The number of nitrogens with one attached hydrogen (secondary N) is 3. The predicted molar refractivity (Wildman–Crippen MR) is 140 cm³/mol. The van der Waals surface area contributed by atoms with E-state index in [1.54, 1.807) is 36.4 Å². The molecule has 0 amide bonds. The third-order valence-electron chi connectivity index (χ3n) is 5.02. The molecule has 2 aromatic carbocycles. The number of hydrogen-bond acceptors (Lipinski definition) is 10. The lowest BCUT2D eigenvalue weighted by Gasteiger charge is -2.20. The summed E-state index contributed by atoms with van der Waals surface area (Å²) in [6, 6.07) is 11.8. The van der Waals surface area contributed by atoms with Gasteiger partial charge in [-0.05, 0) is 48.0 Å². The van der Waals surface area contributed by atoms with Crippen molar-refractivity contribution in [3.05, 3.63) is 88.1 Å². The van der Waals surface area contributed by atoms with Crippen LogP contribution in [0.1, 0.15) is 29.9 Å². The van der Waals surface area contributed by atoms with Gasteiger partial charge in [-0.15, -0.1) is 9.78 Å². The van der Waals surface area contributed by atoms with Crippen LogP contribution in [0.5, 0.6) is 11.5 Å². The molecule has 4 aromatic rings. The number of carbonyl (C=O) groups is 1. The van der Waals surface area contributed by atoms with Crippen molar-refractivity contribution in [2.24, 2.45) is 5.73 Å². The van der Waals surface area contributed by atoms with Gasteiger partial charge in [-0.1, -0.05) is 0 Å². The number of nitriles is 1. The molecule has 0 aliphatic rings. The van der Waals surface area contributed by atoms with E-state index in [0.717, 1.165) is 11.6 Å². The first-order chi connectivity index (χ1) is 19.1. The van der Waals surface area contributed by atoms with E-state index < -0.39 is 23.5 Å². The zero-order valence-corrected chi connectivity index (χ0v) is 21.3. The Morgan fingerprint density at radius 3 is 2.52 bits per heavy atom. The summed E-state index contributed by atoms with van der Waals surface area (Å²) < 4.78 is 26.5. The Balaban J connectivity index is 0.00000103. The van der Waals surface area contributed by atoms with Gasteiger partial charge in [0, 0.05) is 30.6 Å². The number of nitrogen functional groups attached to an aromatic ring is 1. The number of nitrogens with two attached hydrogens (primary N) is 1. The Labute approximate surface area is 226 Å². The second kappa shape index (κ2) is 13.1. The van der Waals surface area contributed by atoms with Crippen LogP contribution in [-0.4, -0.2) is 55.4 Å². The third-order valence-corrected chi connectivity index (χ3v) is 5.02. The number of ether oxygens (including phenoxy) is 2. The van der Waals surface area contributed by atoms with Gasteiger partial charge in [0.2, 0.25) is 0 Å². The van der Waals surface area contributed by atoms with Gasteiger partial charge in [0.1, 0.15) is 17.9 Å². The van der Waals surface area contributed by atoms with E-state index in [4.69, 9.17) is 35.8 Å². The van der Waals surface area contributed by atoms with Gasteiger partial charge in [0.05, 0.1) is 7.11 Å². The Hall–Kier alpha value is -5.78. The van der Waals surface area contributed by atoms with E-state index in [2.05, 4.69) is 25.4 Å². The number of anilines is 1. The van der Waals surface area contributed by atoms with Gasteiger partial charge in [-0.3, -0.25) is 15.2 Å². The van der Waals surface area contributed by atoms with Gasteiger partial charge >= 0.3 is 5.69 Å². The maximum absolute atomic E-state index is 15.0. The summed E-state index contributed by atoms with van der Waals surface area (Å²) in [4.78, 5) is 32.4. The van der Waals surface area contributed by atoms with Gasteiger partial charge in [0.15, 0.2) is 29.7 Å². The van der Waals surface area contributed by atoms with E-state index in [1.165, 1.54) is 31.6 Å². The van der Waals surface area contributed by atoms with Gasteiger partial charge < -0.3 is 25.6 Å². The molecule has 0 bridgehead atoms. The Morgan fingerprint density at radius 1 is 1.30 bits per heavy atom. The summed E-state index contributed by atoms with van der Waals surface area (Å²) in [5.41, 5.74) is 6.35. The average Bonchev–Trinajstić information content (AvgIpc) is 3.32. The van der Waals surface area contributed by atoms with Crippen molar-refractivity contribution in [3.8, 4) is 23.5 Å². The Kier molecular flexibility index (Phi) is 9.46. The highest BCUT2D eigenvalue weighted by molar-refractivity contribution is 5.95. The third kappa shape index (κ3) is 7.16. The predicted octanol–water partition coefficient (Wildman–Crippen LogP) is 1.98. The average molecular weight is 550 g/mol. The zero-order chi connectivity index (χ0) is 29.2. The summed E-state index contributed by atoms with van der Waals surface area (Å²) >= 11 is 0. The summed E-state index contributed by atoms with van der Waals surface area (Å²) in [6.45, 7) is 0.714. The van der Waals surface area contributed by atoms with E-state index in [-0.39, 0.29) is 35.7 Å². The van der Waals surface area contributed by atoms with Crippen LogP contribution in [0.15, 0.2) is 59.7 Å². The highest BCUT2D eigenvalue weighted by atomic mass is 19.1. The van der Waals surface area contributed by atoms with Crippen molar-refractivity contribution in [1.82, 2.24) is 24.7 Å². The molecule has 0 spiro atoms. The van der Waals surface area contributed by atoms with Crippen LogP contribution in [0.4, 0.5) is 10.1 Å². The van der Waals surface area contributed by atoms with Crippen molar-refractivity contribution in [2.45, 2.75) is 13.0 Å². The molecular formula is C25H24FN9O5. The number of amidine groups is 1. The number of benzene rings is 2. The van der Waals surface area contributed by atoms with Crippen LogP contribution in [0.25, 0.3) is 5.95 Å². The number of aromatic nitrogens is 5. The van der Waals surface area contributed by atoms with Crippen molar-refractivity contribution < 1.29 is 23.8 Å². The van der Waals surface area contributed by atoms with Crippen molar-refractivity contribution in [2.75, 3.05) is 19.0 Å². The van der Waals surface area contributed by atoms with Gasteiger partial charge in [-0.25, -0.2) is 19.2 Å². The second-order valence-electron chi connectivity index (χ2n) is 7.84. The van der Waals surface area contributed by atoms with E-state index in [0.29, 0.717) is 16.8 Å². The lowest BCUT2D eigenvalue weighted by atomic mass is 10.0. The Bertz CT molecular complexity index is 1580. The number of methoxy groups -OCH3 is 1. The van der Waals surface area contributed by atoms with Crippen molar-refractivity contribution in [3.63, 3.8) is 0 Å². The minimum absolute atomic E-state index is 0.0483. The highest BCUT2D eigenvalue weighted by Gasteiger charge is 2.24. The zero-order valence-electron chi connectivity index (χ0n) is 21.3. The summed E-state index contributed by atoms with van der Waals surface area (Å²) in [7, 11) is 1.34. The Morgan fingerprint density at radius 2 is 1.95 bits per heavy atom. The minimum atomic E-state index is -0.876. The number of hydrogen-bond donors (Lipinski definition) is 5. The molecule has 0 saturated carbocycles. The molecule has 0 saturated heterocycles. The summed E-state index contributed by atoms with van der Waals surface area (Å²) in [5.74, 6) is -1.68. The standard InChI is InChI=1S/C23H20FN9O3.C2H4O2/c1-35-17-12-14(11-16(24)19(17)36-10-7-25)18(30-15-5-3-13(4-6-15)20(26)27)21-31-23(34)33(32-21)22-28-8-2-9-29-22;1-2(3)4/h2-6,8-9,11-12,18,30H,10H2,1H3,(H3,26,27)(H,31,32,34);1H3,(H,3,4)/t18-;/m0./s1. The van der Waals surface area contributed by atoms with Gasteiger partial charge in [0.25, 0.3) is 11.9 Å². The molecular weight excluding hydrogens is 525 g/mol. The SMILES string of the molecule is CC(=O)O.COc1cc([C@H](Nc2ccc(C(=N)N)cc2)c2nn(-c3ncccn3)c(=O)[nH]2)cc(F)c1OCC#N. The largest absolute Gasteiger partial charge is 0.493 e. The molecule has 1 atom stereocenters. The number of nitrogens with zero attached hydrogens (tertiary/aromatic N) is 5. The van der Waals surface area contributed by atoms with Crippen LogP contribution in [-0.2, 0) is 4.79 Å². The fourth-order valence-corrected chi connectivity index (χ4v) is 3.38. The van der Waals surface area contributed by atoms with E-state index in [9.17, 15) is 4.79 Å². The topological polar surface area (TPSA) is 218 Å². The molecule has 0 aliphatic carbocycles. The fourth-order valence-electron chi connectivity index (χ4n) is 3.38. The molecule has 4 rings (SSSR count). The molecule has 14 nitrogen and oxygen atoms in total. The smallest absolute Gasteiger partial charge is 0.350 e. The van der Waals surface area contributed by atoms with E-state index in [1.807, 2.05) is 0 Å². The fraction of sp³-hybridized carbons (Fsp3) is 0.160. The number of carboxylic acids is 1. The first kappa shape index (κ1) is 28.8. The number of halogens is 1. The number of aromatic amines is 1. The molecule has 0 unspecified atom stereocenters. The summed E-state index contributed by atoms with van der Waals surface area (Å²) in [5, 5.41) is 31.3. The lowest BCUT2D eigenvalue weighted by molar-refractivity contribution is -0.134. The maximum atomic E-state index is 15.0. The molecule has 2 aromatic heterocycles. The number of carboxylic acid groups (broad SMARTS) is 1. The lowest BCUT2D eigenvalue weighted by Crippen LogP contribution is -2.18. The molecule has 0 fully saturated rings. The maximum Gasteiger partial charge on any atom is 0.350 e. The number of rotatable bonds is 9.